The first-order chi connectivity index (χ1) is 9.63. The van der Waals surface area contributed by atoms with Gasteiger partial charge in [0.1, 0.15) is 30.1 Å². The summed E-state index contributed by atoms with van der Waals surface area (Å²) in [7, 11) is 0. The molecule has 0 aromatic heterocycles. The standard InChI is InChI=1S/C15H11F2NO2/c16-13-2-4-15(12(6-13)8-19)20-9-10-1-3-14(17)11(5-10)7-18/h1-6,19H,8-9H2. The number of halogens is 2. The molecule has 0 saturated heterocycles. The lowest BCUT2D eigenvalue weighted by Gasteiger charge is -2.10. The van der Waals surface area contributed by atoms with E-state index in [1.807, 2.05) is 0 Å². The lowest BCUT2D eigenvalue weighted by molar-refractivity contribution is 0.258. The van der Waals surface area contributed by atoms with Crippen LogP contribution in [0.25, 0.3) is 0 Å². The monoisotopic (exact) mass is 275 g/mol. The smallest absolute Gasteiger partial charge is 0.140 e. The number of rotatable bonds is 4. The molecule has 0 aliphatic heterocycles. The van der Waals surface area contributed by atoms with Crippen molar-refractivity contribution in [3.63, 3.8) is 0 Å². The Morgan fingerprint density at radius 3 is 2.65 bits per heavy atom. The van der Waals surface area contributed by atoms with Crippen LogP contribution in [0.2, 0.25) is 0 Å². The molecule has 0 amide bonds. The summed E-state index contributed by atoms with van der Waals surface area (Å²) in [5.41, 5.74) is 0.872. The lowest BCUT2D eigenvalue weighted by Crippen LogP contribution is -2.00. The van der Waals surface area contributed by atoms with Gasteiger partial charge in [0, 0.05) is 5.56 Å². The zero-order valence-electron chi connectivity index (χ0n) is 10.4. The van der Waals surface area contributed by atoms with Gasteiger partial charge in [0.2, 0.25) is 0 Å². The van der Waals surface area contributed by atoms with Gasteiger partial charge in [0.25, 0.3) is 0 Å². The van der Waals surface area contributed by atoms with E-state index >= 15 is 0 Å². The highest BCUT2D eigenvalue weighted by molar-refractivity contribution is 5.36. The van der Waals surface area contributed by atoms with Crippen molar-refractivity contribution in [2.45, 2.75) is 13.2 Å². The van der Waals surface area contributed by atoms with E-state index < -0.39 is 11.6 Å². The van der Waals surface area contributed by atoms with Gasteiger partial charge in [0.05, 0.1) is 12.2 Å². The van der Waals surface area contributed by atoms with E-state index in [2.05, 4.69) is 0 Å². The molecule has 0 bridgehead atoms. The highest BCUT2D eigenvalue weighted by Gasteiger charge is 2.07. The second kappa shape index (κ2) is 6.13. The van der Waals surface area contributed by atoms with Crippen LogP contribution in [0.4, 0.5) is 8.78 Å². The van der Waals surface area contributed by atoms with E-state index in [4.69, 9.17) is 15.1 Å². The number of aliphatic hydroxyl groups is 1. The molecule has 0 aliphatic carbocycles. The Morgan fingerprint density at radius 1 is 1.15 bits per heavy atom. The molecule has 5 heteroatoms. The minimum absolute atomic E-state index is 0.0624. The Morgan fingerprint density at radius 2 is 1.95 bits per heavy atom. The third kappa shape index (κ3) is 3.11. The highest BCUT2D eigenvalue weighted by atomic mass is 19.1. The van der Waals surface area contributed by atoms with Gasteiger partial charge in [-0.3, -0.25) is 0 Å². The van der Waals surface area contributed by atoms with Gasteiger partial charge in [-0.2, -0.15) is 5.26 Å². The molecule has 1 N–H and O–H groups in total. The second-order valence-electron chi connectivity index (χ2n) is 4.12. The first-order valence-corrected chi connectivity index (χ1v) is 5.84. The highest BCUT2D eigenvalue weighted by Crippen LogP contribution is 2.21. The molecule has 0 heterocycles. The maximum atomic E-state index is 13.2. The van der Waals surface area contributed by atoms with E-state index in [1.165, 1.54) is 36.4 Å². The molecule has 0 unspecified atom stereocenters. The van der Waals surface area contributed by atoms with Crippen LogP contribution in [-0.4, -0.2) is 5.11 Å². The lowest BCUT2D eigenvalue weighted by atomic mass is 10.1. The van der Waals surface area contributed by atoms with Crippen LogP contribution in [0.3, 0.4) is 0 Å². The predicted molar refractivity (Wildman–Crippen MR) is 67.8 cm³/mol. The molecule has 0 saturated carbocycles. The van der Waals surface area contributed by atoms with Crippen LogP contribution in [0.5, 0.6) is 5.75 Å². The molecule has 102 valence electrons. The summed E-state index contributed by atoms with van der Waals surface area (Å²) in [6.07, 6.45) is 0. The van der Waals surface area contributed by atoms with E-state index in [-0.39, 0.29) is 18.8 Å². The molecular formula is C15H11F2NO2. The number of hydrogen-bond acceptors (Lipinski definition) is 3. The first kappa shape index (κ1) is 14.0. The molecule has 2 aromatic rings. The summed E-state index contributed by atoms with van der Waals surface area (Å²) >= 11 is 0. The zero-order valence-corrected chi connectivity index (χ0v) is 10.4. The fraction of sp³-hybridized carbons (Fsp3) is 0.133. The van der Waals surface area contributed by atoms with Crippen molar-refractivity contribution in [3.8, 4) is 11.8 Å². The van der Waals surface area contributed by atoms with Crippen LogP contribution in [0, 0.1) is 23.0 Å². The first-order valence-electron chi connectivity index (χ1n) is 5.84. The number of hydrogen-bond donors (Lipinski definition) is 1. The minimum Gasteiger partial charge on any atom is -0.489 e. The Balaban J connectivity index is 2.15. The van der Waals surface area contributed by atoms with Crippen LogP contribution in [0.15, 0.2) is 36.4 Å². The van der Waals surface area contributed by atoms with Gasteiger partial charge >= 0.3 is 0 Å². The number of benzene rings is 2. The molecule has 0 radical (unpaired) electrons. The predicted octanol–water partition coefficient (Wildman–Crippen LogP) is 2.91. The molecule has 2 aromatic carbocycles. The van der Waals surface area contributed by atoms with Gasteiger partial charge < -0.3 is 9.84 Å². The van der Waals surface area contributed by atoms with E-state index in [0.717, 1.165) is 0 Å². The molecule has 2 rings (SSSR count). The molecule has 3 nitrogen and oxygen atoms in total. The zero-order chi connectivity index (χ0) is 14.5. The fourth-order valence-electron chi connectivity index (χ4n) is 1.72. The second-order valence-corrected chi connectivity index (χ2v) is 4.12. The maximum absolute atomic E-state index is 13.2. The van der Waals surface area contributed by atoms with Crippen LogP contribution >= 0.6 is 0 Å². The Labute approximate surface area is 114 Å². The number of nitrogens with zero attached hydrogens (tertiary/aromatic N) is 1. The quantitative estimate of drug-likeness (QED) is 0.933. The normalized spacial score (nSPS) is 10.1. The average molecular weight is 275 g/mol. The van der Waals surface area contributed by atoms with Crippen LogP contribution < -0.4 is 4.74 Å². The van der Waals surface area contributed by atoms with Crippen molar-refractivity contribution in [3.05, 3.63) is 64.7 Å². The van der Waals surface area contributed by atoms with Gasteiger partial charge in [-0.1, -0.05) is 6.07 Å². The SMILES string of the molecule is N#Cc1cc(COc2ccc(F)cc2CO)ccc1F. The summed E-state index contributed by atoms with van der Waals surface area (Å²) in [5.74, 6) is -0.708. The Kier molecular flexibility index (Phi) is 4.28. The summed E-state index contributed by atoms with van der Waals surface area (Å²) < 4.78 is 31.6. The van der Waals surface area contributed by atoms with Crippen LogP contribution in [0.1, 0.15) is 16.7 Å². The summed E-state index contributed by atoms with van der Waals surface area (Å²) in [4.78, 5) is 0. The number of ether oxygens (including phenoxy) is 1. The summed E-state index contributed by atoms with van der Waals surface area (Å²) in [6.45, 7) is -0.256. The van der Waals surface area contributed by atoms with Crippen molar-refractivity contribution in [2.75, 3.05) is 0 Å². The van der Waals surface area contributed by atoms with E-state index in [0.29, 0.717) is 16.9 Å². The molecular weight excluding hydrogens is 264 g/mol. The number of nitriles is 1. The molecule has 0 aliphatic rings. The van der Waals surface area contributed by atoms with Crippen molar-refractivity contribution in [2.24, 2.45) is 0 Å². The van der Waals surface area contributed by atoms with Crippen molar-refractivity contribution < 1.29 is 18.6 Å². The maximum Gasteiger partial charge on any atom is 0.140 e. The minimum atomic E-state index is -0.589. The van der Waals surface area contributed by atoms with Crippen LogP contribution in [-0.2, 0) is 13.2 Å². The molecule has 20 heavy (non-hydrogen) atoms. The van der Waals surface area contributed by atoms with Crippen molar-refractivity contribution >= 4 is 0 Å². The van der Waals surface area contributed by atoms with E-state index in [9.17, 15) is 8.78 Å². The molecule has 0 spiro atoms. The molecule has 0 fully saturated rings. The van der Waals surface area contributed by atoms with Gasteiger partial charge in [0.15, 0.2) is 0 Å². The van der Waals surface area contributed by atoms with Gasteiger partial charge in [-0.05, 0) is 35.9 Å². The van der Waals surface area contributed by atoms with Gasteiger partial charge in [-0.15, -0.1) is 0 Å². The Hall–Kier alpha value is -2.45. The van der Waals surface area contributed by atoms with Crippen molar-refractivity contribution in [1.82, 2.24) is 0 Å². The topological polar surface area (TPSA) is 53.2 Å². The summed E-state index contributed by atoms with van der Waals surface area (Å²) in [5, 5.41) is 17.9. The van der Waals surface area contributed by atoms with E-state index in [1.54, 1.807) is 6.07 Å². The largest absolute Gasteiger partial charge is 0.489 e. The fourth-order valence-corrected chi connectivity index (χ4v) is 1.72. The third-order valence-electron chi connectivity index (χ3n) is 2.74. The Bertz CT molecular complexity index is 665. The average Bonchev–Trinajstić information content (AvgIpc) is 2.47. The molecule has 0 atom stereocenters. The van der Waals surface area contributed by atoms with Gasteiger partial charge in [-0.25, -0.2) is 8.78 Å². The number of aliphatic hydroxyl groups excluding tert-OH is 1. The summed E-state index contributed by atoms with van der Waals surface area (Å²) in [6, 6.07) is 9.63. The van der Waals surface area contributed by atoms with Crippen molar-refractivity contribution in [1.29, 1.82) is 5.26 Å². The third-order valence-corrected chi connectivity index (χ3v) is 2.74.